The number of aryl methyl sites for hydroxylation is 2. The van der Waals surface area contributed by atoms with Gasteiger partial charge in [0, 0.05) is 13.6 Å². The maximum atomic E-state index is 12.2. The Labute approximate surface area is 108 Å². The number of aliphatic hydroxyl groups is 1. The Balaban J connectivity index is 2.96. The van der Waals surface area contributed by atoms with Gasteiger partial charge in [0.1, 0.15) is 11.8 Å². The maximum absolute atomic E-state index is 12.2. The second kappa shape index (κ2) is 6.41. The number of nitrogens with zero attached hydrogens (tertiary/aromatic N) is 3. The molecule has 0 saturated heterocycles. The summed E-state index contributed by atoms with van der Waals surface area (Å²) in [7, 11) is 1.48. The van der Waals surface area contributed by atoms with Crippen molar-refractivity contribution in [3.8, 4) is 0 Å². The van der Waals surface area contributed by atoms with E-state index in [0.29, 0.717) is 18.5 Å². The van der Waals surface area contributed by atoms with E-state index in [4.69, 9.17) is 5.11 Å². The van der Waals surface area contributed by atoms with Crippen molar-refractivity contribution in [3.63, 3.8) is 0 Å². The Morgan fingerprint density at radius 3 is 2.68 bits per heavy atom. The molecule has 0 saturated carbocycles. The molecule has 0 radical (unpaired) electrons. The van der Waals surface area contributed by atoms with Crippen LogP contribution in [0.4, 0.5) is 20.3 Å². The third-order valence-electron chi connectivity index (χ3n) is 2.53. The smallest absolute Gasteiger partial charge is 0.333 e. The maximum Gasteiger partial charge on any atom is 0.333 e. The minimum atomic E-state index is -2.91. The first-order valence-electron chi connectivity index (χ1n) is 5.78. The fourth-order valence-corrected chi connectivity index (χ4v) is 1.65. The third kappa shape index (κ3) is 3.60. The van der Waals surface area contributed by atoms with Crippen LogP contribution in [0.1, 0.15) is 19.0 Å². The van der Waals surface area contributed by atoms with Gasteiger partial charge in [0.2, 0.25) is 5.82 Å². The first kappa shape index (κ1) is 15.3. The van der Waals surface area contributed by atoms with Gasteiger partial charge in [-0.05, 0) is 6.42 Å². The van der Waals surface area contributed by atoms with E-state index < -0.39 is 24.0 Å². The second-order valence-corrected chi connectivity index (χ2v) is 4.06. The Kier molecular flexibility index (Phi) is 5.16. The molecular formula is C10H16F2N4O3. The largest absolute Gasteiger partial charge is 0.385 e. The minimum Gasteiger partial charge on any atom is -0.385 e. The summed E-state index contributed by atoms with van der Waals surface area (Å²) < 4.78 is 25.6. The number of nitro groups is 1. The number of hydrogen-bond donors (Lipinski definition) is 2. The summed E-state index contributed by atoms with van der Waals surface area (Å²) in [6, 6.07) is 0. The predicted octanol–water partition coefficient (Wildman–Crippen LogP) is 1.32. The second-order valence-electron chi connectivity index (χ2n) is 4.06. The number of anilines is 1. The number of hydrogen-bond acceptors (Lipinski definition) is 5. The number of aromatic nitrogens is 2. The van der Waals surface area contributed by atoms with Gasteiger partial charge in [0.25, 0.3) is 6.43 Å². The van der Waals surface area contributed by atoms with Crippen molar-refractivity contribution in [2.75, 3.05) is 11.9 Å². The van der Waals surface area contributed by atoms with Crippen LogP contribution in [0, 0.1) is 10.1 Å². The number of aliphatic hydroxyl groups excluding tert-OH is 1. The Bertz CT molecular complexity index is 450. The molecule has 1 heterocycles. The Morgan fingerprint density at radius 2 is 2.21 bits per heavy atom. The molecule has 1 unspecified atom stereocenters. The first-order valence-corrected chi connectivity index (χ1v) is 5.78. The fourth-order valence-electron chi connectivity index (χ4n) is 1.65. The molecule has 1 aromatic heterocycles. The van der Waals surface area contributed by atoms with Gasteiger partial charge in [-0.15, -0.1) is 0 Å². The van der Waals surface area contributed by atoms with Crippen molar-refractivity contribution in [1.82, 2.24) is 9.78 Å². The van der Waals surface area contributed by atoms with Gasteiger partial charge >= 0.3 is 5.69 Å². The summed E-state index contributed by atoms with van der Waals surface area (Å²) in [5, 5.41) is 26.5. The molecule has 0 amide bonds. The van der Waals surface area contributed by atoms with Crippen molar-refractivity contribution in [2.45, 2.75) is 32.3 Å². The van der Waals surface area contributed by atoms with Crippen molar-refractivity contribution in [2.24, 2.45) is 7.05 Å². The molecule has 0 aliphatic carbocycles. The highest BCUT2D eigenvalue weighted by atomic mass is 19.3. The van der Waals surface area contributed by atoms with Crippen LogP contribution in [-0.2, 0) is 13.5 Å². The van der Waals surface area contributed by atoms with Gasteiger partial charge in [-0.2, -0.15) is 5.10 Å². The SMILES string of the molecule is CCCc1nn(C)c(NCC(O)C(F)F)c1[N+](=O)[O-]. The van der Waals surface area contributed by atoms with Crippen LogP contribution in [-0.4, -0.2) is 38.9 Å². The first-order chi connectivity index (χ1) is 8.88. The van der Waals surface area contributed by atoms with Crippen LogP contribution < -0.4 is 5.32 Å². The topological polar surface area (TPSA) is 93.2 Å². The predicted molar refractivity (Wildman–Crippen MR) is 64.4 cm³/mol. The lowest BCUT2D eigenvalue weighted by Gasteiger charge is -2.11. The quantitative estimate of drug-likeness (QED) is 0.579. The number of alkyl halides is 2. The summed E-state index contributed by atoms with van der Waals surface area (Å²) in [6.45, 7) is 1.37. The Hall–Kier alpha value is -1.77. The van der Waals surface area contributed by atoms with Crippen LogP contribution in [0.2, 0.25) is 0 Å². The summed E-state index contributed by atoms with van der Waals surface area (Å²) in [4.78, 5) is 10.4. The van der Waals surface area contributed by atoms with Gasteiger partial charge in [0.15, 0.2) is 0 Å². The average Bonchev–Trinajstić information content (AvgIpc) is 2.62. The van der Waals surface area contributed by atoms with E-state index in [-0.39, 0.29) is 11.5 Å². The molecule has 1 aromatic rings. The zero-order valence-corrected chi connectivity index (χ0v) is 10.6. The van der Waals surface area contributed by atoms with Crippen molar-refractivity contribution in [1.29, 1.82) is 0 Å². The van der Waals surface area contributed by atoms with Gasteiger partial charge < -0.3 is 10.4 Å². The highest BCUT2D eigenvalue weighted by Crippen LogP contribution is 2.28. The molecule has 0 fully saturated rings. The molecule has 1 rings (SSSR count). The monoisotopic (exact) mass is 278 g/mol. The highest BCUT2D eigenvalue weighted by molar-refractivity contribution is 5.59. The van der Waals surface area contributed by atoms with Crippen molar-refractivity contribution >= 4 is 11.5 Å². The number of rotatable bonds is 7. The van der Waals surface area contributed by atoms with Crippen LogP contribution >= 0.6 is 0 Å². The van der Waals surface area contributed by atoms with E-state index >= 15 is 0 Å². The Morgan fingerprint density at radius 1 is 1.58 bits per heavy atom. The molecule has 1 atom stereocenters. The van der Waals surface area contributed by atoms with E-state index in [1.807, 2.05) is 6.92 Å². The molecular weight excluding hydrogens is 262 g/mol. The number of nitrogens with one attached hydrogen (secondary N) is 1. The molecule has 0 bridgehead atoms. The zero-order chi connectivity index (χ0) is 14.6. The standard InChI is InChI=1S/C10H16F2N4O3/c1-3-4-6-8(16(18)19)10(15(2)14-6)13-5-7(17)9(11)12/h7,9,13,17H,3-5H2,1-2H3. The van der Waals surface area contributed by atoms with Gasteiger partial charge in [0.05, 0.1) is 4.92 Å². The van der Waals surface area contributed by atoms with Crippen LogP contribution in [0.15, 0.2) is 0 Å². The van der Waals surface area contributed by atoms with E-state index in [0.717, 1.165) is 0 Å². The van der Waals surface area contributed by atoms with Crippen molar-refractivity contribution < 1.29 is 18.8 Å². The molecule has 0 aliphatic rings. The summed E-state index contributed by atoms with van der Waals surface area (Å²) in [6.07, 6.45) is -3.70. The minimum absolute atomic E-state index is 0.0214. The molecule has 108 valence electrons. The molecule has 2 N–H and O–H groups in total. The molecule has 0 aliphatic heterocycles. The molecule has 7 nitrogen and oxygen atoms in total. The lowest BCUT2D eigenvalue weighted by atomic mass is 10.2. The normalized spacial score (nSPS) is 12.7. The molecule has 9 heteroatoms. The van der Waals surface area contributed by atoms with Gasteiger partial charge in [-0.3, -0.25) is 10.1 Å². The van der Waals surface area contributed by atoms with E-state index in [2.05, 4.69) is 10.4 Å². The van der Waals surface area contributed by atoms with Crippen LogP contribution in [0.5, 0.6) is 0 Å². The highest BCUT2D eigenvalue weighted by Gasteiger charge is 2.27. The zero-order valence-electron chi connectivity index (χ0n) is 10.6. The van der Waals surface area contributed by atoms with Gasteiger partial charge in [-0.25, -0.2) is 13.5 Å². The number of halogens is 2. The summed E-state index contributed by atoms with van der Waals surface area (Å²) in [5.74, 6) is 0.0214. The van der Waals surface area contributed by atoms with Crippen LogP contribution in [0.25, 0.3) is 0 Å². The summed E-state index contributed by atoms with van der Waals surface area (Å²) >= 11 is 0. The fraction of sp³-hybridized carbons (Fsp3) is 0.700. The molecule has 0 aromatic carbocycles. The molecule has 19 heavy (non-hydrogen) atoms. The van der Waals surface area contributed by atoms with Gasteiger partial charge in [-0.1, -0.05) is 13.3 Å². The third-order valence-corrected chi connectivity index (χ3v) is 2.53. The molecule has 0 spiro atoms. The van der Waals surface area contributed by atoms with E-state index in [1.165, 1.54) is 11.7 Å². The lowest BCUT2D eigenvalue weighted by molar-refractivity contribution is -0.384. The van der Waals surface area contributed by atoms with Crippen molar-refractivity contribution in [3.05, 3.63) is 15.8 Å². The lowest BCUT2D eigenvalue weighted by Crippen LogP contribution is -2.27. The van der Waals surface area contributed by atoms with E-state index in [1.54, 1.807) is 0 Å². The van der Waals surface area contributed by atoms with E-state index in [9.17, 15) is 18.9 Å². The summed E-state index contributed by atoms with van der Waals surface area (Å²) in [5.41, 5.74) is 0.0647. The average molecular weight is 278 g/mol. The van der Waals surface area contributed by atoms with Crippen LogP contribution in [0.3, 0.4) is 0 Å².